The molecule has 0 spiro atoms. The molecule has 0 aliphatic carbocycles. The lowest BCUT2D eigenvalue weighted by molar-refractivity contribution is 0.0706. The van der Waals surface area contributed by atoms with Crippen LogP contribution in [0.5, 0.6) is 5.75 Å². The van der Waals surface area contributed by atoms with E-state index in [2.05, 4.69) is 31.9 Å². The number of carbonyl (C=O) groups is 1. The molecule has 0 atom stereocenters. The topological polar surface area (TPSA) is 49.8 Å². The average Bonchev–Trinajstić information content (AvgIpc) is 2.33. The molecule has 0 aliphatic rings. The molecule has 0 saturated carbocycles. The lowest BCUT2D eigenvalue weighted by Gasteiger charge is -2.21. The second-order valence-electron chi connectivity index (χ2n) is 3.64. The van der Waals surface area contributed by atoms with Crippen molar-refractivity contribution in [1.29, 1.82) is 0 Å². The van der Waals surface area contributed by atoms with Crippen LogP contribution in [0.15, 0.2) is 22.7 Å². The van der Waals surface area contributed by atoms with E-state index in [0.29, 0.717) is 30.6 Å². The summed E-state index contributed by atoms with van der Waals surface area (Å²) < 4.78 is 5.71. The van der Waals surface area contributed by atoms with Gasteiger partial charge in [0.25, 0.3) is 5.91 Å². The molecule has 0 bridgehead atoms. The molecule has 4 nitrogen and oxygen atoms in total. The standard InChI is InChI=1S/C12H15Br2NO3/c1-18-7-6-15(5-4-13)12(17)10-3-2-9(14)8-11(10)16/h2-3,8,16H,4-7H2,1H3. The van der Waals surface area contributed by atoms with Gasteiger partial charge in [-0.3, -0.25) is 4.79 Å². The zero-order chi connectivity index (χ0) is 13.5. The maximum Gasteiger partial charge on any atom is 0.257 e. The number of carbonyl (C=O) groups excluding carboxylic acids is 1. The summed E-state index contributed by atoms with van der Waals surface area (Å²) in [5, 5.41) is 10.5. The molecular formula is C12H15Br2NO3. The van der Waals surface area contributed by atoms with Gasteiger partial charge in [-0.1, -0.05) is 31.9 Å². The molecule has 1 amide bonds. The predicted octanol–water partition coefficient (Wildman–Crippen LogP) is 2.64. The number of aromatic hydroxyl groups is 1. The quantitative estimate of drug-likeness (QED) is 0.772. The number of alkyl halides is 1. The molecule has 1 aromatic rings. The predicted molar refractivity (Wildman–Crippen MR) is 77.4 cm³/mol. The zero-order valence-electron chi connectivity index (χ0n) is 10.0. The number of methoxy groups -OCH3 is 1. The average molecular weight is 381 g/mol. The molecule has 1 aromatic carbocycles. The fourth-order valence-corrected chi connectivity index (χ4v) is 2.25. The number of nitrogens with zero attached hydrogens (tertiary/aromatic N) is 1. The first kappa shape index (κ1) is 15.5. The van der Waals surface area contributed by atoms with Gasteiger partial charge in [0.15, 0.2) is 0 Å². The van der Waals surface area contributed by atoms with Gasteiger partial charge >= 0.3 is 0 Å². The number of hydrogen-bond acceptors (Lipinski definition) is 3. The van der Waals surface area contributed by atoms with Crippen LogP contribution in [0, 0.1) is 0 Å². The molecule has 0 saturated heterocycles. The summed E-state index contributed by atoms with van der Waals surface area (Å²) in [6.45, 7) is 1.53. The summed E-state index contributed by atoms with van der Waals surface area (Å²) in [7, 11) is 1.59. The van der Waals surface area contributed by atoms with Gasteiger partial charge < -0.3 is 14.7 Å². The minimum Gasteiger partial charge on any atom is -0.507 e. The van der Waals surface area contributed by atoms with Crippen molar-refractivity contribution in [3.63, 3.8) is 0 Å². The Morgan fingerprint density at radius 1 is 1.44 bits per heavy atom. The van der Waals surface area contributed by atoms with E-state index in [1.807, 2.05) is 0 Å². The first-order valence-corrected chi connectivity index (χ1v) is 7.34. The highest BCUT2D eigenvalue weighted by Crippen LogP contribution is 2.23. The Hall–Kier alpha value is -0.590. The minimum atomic E-state index is -0.198. The van der Waals surface area contributed by atoms with Crippen molar-refractivity contribution in [3.8, 4) is 5.75 Å². The third-order valence-corrected chi connectivity index (χ3v) is 3.25. The molecule has 1 rings (SSSR count). The fraction of sp³-hybridized carbons (Fsp3) is 0.417. The zero-order valence-corrected chi connectivity index (χ0v) is 13.2. The molecular weight excluding hydrogens is 366 g/mol. The van der Waals surface area contributed by atoms with Crippen LogP contribution >= 0.6 is 31.9 Å². The maximum absolute atomic E-state index is 12.2. The van der Waals surface area contributed by atoms with Gasteiger partial charge in [-0.15, -0.1) is 0 Å². The van der Waals surface area contributed by atoms with Crippen molar-refractivity contribution < 1.29 is 14.6 Å². The second kappa shape index (κ2) is 7.76. The van der Waals surface area contributed by atoms with Crippen molar-refractivity contribution in [1.82, 2.24) is 4.90 Å². The summed E-state index contributed by atoms with van der Waals surface area (Å²) in [6.07, 6.45) is 0. The maximum atomic E-state index is 12.2. The van der Waals surface area contributed by atoms with Crippen LogP contribution in [0.2, 0.25) is 0 Å². The Morgan fingerprint density at radius 3 is 2.72 bits per heavy atom. The number of halogens is 2. The molecule has 100 valence electrons. The van der Waals surface area contributed by atoms with Gasteiger partial charge in [-0.2, -0.15) is 0 Å². The smallest absolute Gasteiger partial charge is 0.257 e. The molecule has 0 aromatic heterocycles. The SMILES string of the molecule is COCCN(CCBr)C(=O)c1ccc(Br)cc1O. The van der Waals surface area contributed by atoms with Gasteiger partial charge in [0.05, 0.1) is 12.2 Å². The van der Waals surface area contributed by atoms with Crippen molar-refractivity contribution in [2.24, 2.45) is 0 Å². The monoisotopic (exact) mass is 379 g/mol. The number of phenolic OH excluding ortho intramolecular Hbond substituents is 1. The van der Waals surface area contributed by atoms with E-state index in [4.69, 9.17) is 4.74 Å². The lowest BCUT2D eigenvalue weighted by Crippen LogP contribution is -2.35. The number of rotatable bonds is 6. The van der Waals surface area contributed by atoms with E-state index in [9.17, 15) is 9.90 Å². The van der Waals surface area contributed by atoms with Crippen LogP contribution in [-0.4, -0.2) is 48.0 Å². The molecule has 0 unspecified atom stereocenters. The Bertz CT molecular complexity index is 412. The molecule has 1 N–H and O–H groups in total. The third-order valence-electron chi connectivity index (χ3n) is 2.40. The van der Waals surface area contributed by atoms with E-state index in [-0.39, 0.29) is 11.7 Å². The van der Waals surface area contributed by atoms with Crippen molar-refractivity contribution in [2.45, 2.75) is 0 Å². The first-order chi connectivity index (χ1) is 8.60. The van der Waals surface area contributed by atoms with E-state index in [0.717, 1.165) is 4.47 Å². The first-order valence-electron chi connectivity index (χ1n) is 5.42. The highest BCUT2D eigenvalue weighted by Gasteiger charge is 2.18. The Morgan fingerprint density at radius 2 is 2.17 bits per heavy atom. The number of benzene rings is 1. The number of amides is 1. The van der Waals surface area contributed by atoms with E-state index in [1.165, 1.54) is 6.07 Å². The van der Waals surface area contributed by atoms with Crippen LogP contribution in [-0.2, 0) is 4.74 Å². The summed E-state index contributed by atoms with van der Waals surface area (Å²) in [5.74, 6) is -0.220. The van der Waals surface area contributed by atoms with E-state index < -0.39 is 0 Å². The molecule has 0 fully saturated rings. The van der Waals surface area contributed by atoms with Crippen LogP contribution in [0.25, 0.3) is 0 Å². The fourth-order valence-electron chi connectivity index (χ4n) is 1.47. The summed E-state index contributed by atoms with van der Waals surface area (Å²) >= 11 is 6.55. The van der Waals surface area contributed by atoms with Gasteiger partial charge in [-0.05, 0) is 18.2 Å². The van der Waals surface area contributed by atoms with E-state index in [1.54, 1.807) is 24.1 Å². The normalized spacial score (nSPS) is 10.4. The van der Waals surface area contributed by atoms with Gasteiger partial charge in [-0.25, -0.2) is 0 Å². The van der Waals surface area contributed by atoms with Gasteiger partial charge in [0.2, 0.25) is 0 Å². The molecule has 0 heterocycles. The van der Waals surface area contributed by atoms with E-state index >= 15 is 0 Å². The molecule has 0 radical (unpaired) electrons. The Labute approximate surface area is 123 Å². The van der Waals surface area contributed by atoms with Crippen LogP contribution in [0.3, 0.4) is 0 Å². The van der Waals surface area contributed by atoms with Crippen molar-refractivity contribution in [2.75, 3.05) is 32.1 Å². The number of hydrogen-bond donors (Lipinski definition) is 1. The Kier molecular flexibility index (Phi) is 6.67. The highest BCUT2D eigenvalue weighted by atomic mass is 79.9. The summed E-state index contributed by atoms with van der Waals surface area (Å²) in [4.78, 5) is 13.9. The largest absolute Gasteiger partial charge is 0.507 e. The van der Waals surface area contributed by atoms with Crippen molar-refractivity contribution in [3.05, 3.63) is 28.2 Å². The van der Waals surface area contributed by atoms with Gasteiger partial charge in [0, 0.05) is 30.0 Å². The number of phenols is 1. The molecule has 18 heavy (non-hydrogen) atoms. The van der Waals surface area contributed by atoms with Crippen molar-refractivity contribution >= 4 is 37.8 Å². The second-order valence-corrected chi connectivity index (χ2v) is 5.34. The summed E-state index contributed by atoms with van der Waals surface area (Å²) in [6, 6.07) is 4.85. The number of ether oxygens (including phenoxy) is 1. The highest BCUT2D eigenvalue weighted by molar-refractivity contribution is 9.10. The summed E-state index contributed by atoms with van der Waals surface area (Å²) in [5.41, 5.74) is 0.301. The molecule has 0 aliphatic heterocycles. The third kappa shape index (κ3) is 4.26. The minimum absolute atomic E-state index is 0.0219. The lowest BCUT2D eigenvalue weighted by atomic mass is 10.1. The van der Waals surface area contributed by atoms with Crippen LogP contribution in [0.1, 0.15) is 10.4 Å². The van der Waals surface area contributed by atoms with Crippen LogP contribution < -0.4 is 0 Å². The van der Waals surface area contributed by atoms with Crippen LogP contribution in [0.4, 0.5) is 0 Å². The molecule has 6 heteroatoms. The van der Waals surface area contributed by atoms with Gasteiger partial charge in [0.1, 0.15) is 5.75 Å². The Balaban J connectivity index is 2.87.